The van der Waals surface area contributed by atoms with Crippen LogP contribution in [0.4, 0.5) is 5.69 Å². The van der Waals surface area contributed by atoms with Crippen LogP contribution < -0.4 is 10.6 Å². The maximum Gasteiger partial charge on any atom is 0.0369 e. The molecule has 0 fully saturated rings. The fraction of sp³-hybridized carbons (Fsp3) is 0.667. The largest absolute Gasteiger partial charge is 0.370 e. The van der Waals surface area contributed by atoms with Crippen LogP contribution in [-0.2, 0) is 6.42 Å². The highest BCUT2D eigenvalue weighted by molar-refractivity contribution is 5.51. The number of aryl methyl sites for hydroxylation is 1. The zero-order valence-corrected chi connectivity index (χ0v) is 14.5. The highest BCUT2D eigenvalue weighted by Gasteiger charge is 2.09. The molecule has 0 aliphatic heterocycles. The smallest absolute Gasteiger partial charge is 0.0369 e. The van der Waals surface area contributed by atoms with Gasteiger partial charge in [0.2, 0.25) is 0 Å². The van der Waals surface area contributed by atoms with Gasteiger partial charge in [-0.05, 0) is 63.5 Å². The van der Waals surface area contributed by atoms with Crippen LogP contribution in [0, 0.1) is 6.92 Å². The molecule has 2 N–H and O–H groups in total. The Morgan fingerprint density at radius 2 is 1.81 bits per heavy atom. The van der Waals surface area contributed by atoms with Crippen molar-refractivity contribution in [3.05, 3.63) is 29.3 Å². The lowest BCUT2D eigenvalue weighted by Gasteiger charge is -2.27. The highest BCUT2D eigenvalue weighted by atomic mass is 15.2. The summed E-state index contributed by atoms with van der Waals surface area (Å²) in [6, 6.07) is 7.12. The molecule has 0 radical (unpaired) electrons. The zero-order valence-electron chi connectivity index (χ0n) is 14.5. The summed E-state index contributed by atoms with van der Waals surface area (Å²) in [6.07, 6.45) is 3.19. The van der Waals surface area contributed by atoms with Gasteiger partial charge in [-0.25, -0.2) is 0 Å². The van der Waals surface area contributed by atoms with Gasteiger partial charge < -0.3 is 15.5 Å². The molecular formula is C18H33N3. The third kappa shape index (κ3) is 6.06. The normalized spacial score (nSPS) is 12.7. The monoisotopic (exact) mass is 291 g/mol. The molecule has 120 valence electrons. The molecule has 0 saturated heterocycles. The topological polar surface area (TPSA) is 32.5 Å². The molecule has 1 rings (SSSR count). The highest BCUT2D eigenvalue weighted by Crippen LogP contribution is 2.21. The quantitative estimate of drug-likeness (QED) is 0.759. The van der Waals surface area contributed by atoms with Crippen molar-refractivity contribution in [1.29, 1.82) is 0 Å². The molecule has 3 nitrogen and oxygen atoms in total. The molecule has 1 atom stereocenters. The summed E-state index contributed by atoms with van der Waals surface area (Å²) in [5.74, 6) is 0. The fourth-order valence-electron chi connectivity index (χ4n) is 2.49. The van der Waals surface area contributed by atoms with Crippen LogP contribution in [0.3, 0.4) is 0 Å². The first-order valence-electron chi connectivity index (χ1n) is 8.22. The Morgan fingerprint density at radius 3 is 2.33 bits per heavy atom. The van der Waals surface area contributed by atoms with Gasteiger partial charge in [-0.3, -0.25) is 0 Å². The van der Waals surface area contributed by atoms with Crippen LogP contribution in [0.15, 0.2) is 18.2 Å². The Kier molecular flexibility index (Phi) is 7.76. The zero-order chi connectivity index (χ0) is 15.8. The summed E-state index contributed by atoms with van der Waals surface area (Å²) in [5.41, 5.74) is 10.2. The minimum atomic E-state index is 0.273. The van der Waals surface area contributed by atoms with E-state index >= 15 is 0 Å². The number of hydrogen-bond acceptors (Lipinski definition) is 3. The van der Waals surface area contributed by atoms with Gasteiger partial charge in [0.05, 0.1) is 0 Å². The summed E-state index contributed by atoms with van der Waals surface area (Å²) in [5, 5.41) is 0. The van der Waals surface area contributed by atoms with Crippen molar-refractivity contribution in [2.75, 3.05) is 38.6 Å². The van der Waals surface area contributed by atoms with Crippen LogP contribution in [0.25, 0.3) is 0 Å². The average Bonchev–Trinajstić information content (AvgIpc) is 2.45. The van der Waals surface area contributed by atoms with Crippen molar-refractivity contribution in [3.63, 3.8) is 0 Å². The van der Waals surface area contributed by atoms with E-state index in [-0.39, 0.29) is 6.04 Å². The van der Waals surface area contributed by atoms with Crippen LogP contribution in [-0.4, -0.2) is 44.7 Å². The molecule has 0 saturated carbocycles. The number of likely N-dealkylation sites (N-methyl/N-ethyl adjacent to an activating group) is 1. The lowest BCUT2D eigenvalue weighted by atomic mass is 9.99. The molecule has 1 unspecified atom stereocenters. The van der Waals surface area contributed by atoms with E-state index < -0.39 is 0 Å². The van der Waals surface area contributed by atoms with Crippen molar-refractivity contribution in [2.45, 2.75) is 46.1 Å². The summed E-state index contributed by atoms with van der Waals surface area (Å²) >= 11 is 0. The molecule has 0 spiro atoms. The van der Waals surface area contributed by atoms with Crippen LogP contribution in [0.1, 0.15) is 37.8 Å². The second-order valence-corrected chi connectivity index (χ2v) is 6.27. The van der Waals surface area contributed by atoms with E-state index in [2.05, 4.69) is 62.9 Å². The first-order valence-corrected chi connectivity index (χ1v) is 8.22. The van der Waals surface area contributed by atoms with Crippen LogP contribution in [0.2, 0.25) is 0 Å². The van der Waals surface area contributed by atoms with Gasteiger partial charge in [0.15, 0.2) is 0 Å². The molecule has 1 aromatic carbocycles. The van der Waals surface area contributed by atoms with E-state index in [4.69, 9.17) is 5.73 Å². The van der Waals surface area contributed by atoms with Crippen molar-refractivity contribution in [1.82, 2.24) is 4.90 Å². The number of nitrogens with zero attached hydrogens (tertiary/aromatic N) is 2. The lowest BCUT2D eigenvalue weighted by molar-refractivity contribution is 0.413. The molecule has 0 heterocycles. The van der Waals surface area contributed by atoms with Gasteiger partial charge in [0, 0.05) is 31.4 Å². The van der Waals surface area contributed by atoms with Gasteiger partial charge in [0.1, 0.15) is 0 Å². The first-order chi connectivity index (χ1) is 9.97. The Balaban J connectivity index is 2.82. The molecule has 21 heavy (non-hydrogen) atoms. The molecule has 0 aliphatic rings. The van der Waals surface area contributed by atoms with Crippen LogP contribution >= 0.6 is 0 Å². The third-order valence-corrected chi connectivity index (χ3v) is 4.01. The van der Waals surface area contributed by atoms with Gasteiger partial charge >= 0.3 is 0 Å². The van der Waals surface area contributed by atoms with Crippen LogP contribution in [0.5, 0.6) is 0 Å². The van der Waals surface area contributed by atoms with Gasteiger partial charge in [-0.1, -0.05) is 19.9 Å². The van der Waals surface area contributed by atoms with Gasteiger partial charge in [-0.2, -0.15) is 0 Å². The first kappa shape index (κ1) is 18.0. The van der Waals surface area contributed by atoms with Gasteiger partial charge in [-0.15, -0.1) is 0 Å². The van der Waals surface area contributed by atoms with E-state index in [1.807, 2.05) is 0 Å². The van der Waals surface area contributed by atoms with Gasteiger partial charge in [0.25, 0.3) is 0 Å². The maximum atomic E-state index is 6.08. The van der Waals surface area contributed by atoms with E-state index in [1.165, 1.54) is 23.2 Å². The van der Waals surface area contributed by atoms with Crippen molar-refractivity contribution in [3.8, 4) is 0 Å². The molecular weight excluding hydrogens is 258 g/mol. The predicted octanol–water partition coefficient (Wildman–Crippen LogP) is 3.05. The Labute approximate surface area is 131 Å². The molecule has 0 aliphatic carbocycles. The summed E-state index contributed by atoms with van der Waals surface area (Å²) in [7, 11) is 4.26. The minimum absolute atomic E-state index is 0.273. The molecule has 0 aromatic heterocycles. The Hall–Kier alpha value is -1.06. The molecule has 0 amide bonds. The Morgan fingerprint density at radius 1 is 1.10 bits per heavy atom. The molecule has 3 heteroatoms. The summed E-state index contributed by atoms with van der Waals surface area (Å²) in [6.45, 7) is 9.87. The predicted molar refractivity (Wildman–Crippen MR) is 94.2 cm³/mol. The molecule has 0 bridgehead atoms. The Bertz CT molecular complexity index is 415. The summed E-state index contributed by atoms with van der Waals surface area (Å²) in [4.78, 5) is 4.72. The number of nitrogens with two attached hydrogens (primary N) is 1. The van der Waals surface area contributed by atoms with E-state index in [9.17, 15) is 0 Å². The van der Waals surface area contributed by atoms with Crippen molar-refractivity contribution >= 4 is 5.69 Å². The minimum Gasteiger partial charge on any atom is -0.370 e. The second kappa shape index (κ2) is 9.06. The van der Waals surface area contributed by atoms with Crippen molar-refractivity contribution in [2.24, 2.45) is 5.73 Å². The maximum absolute atomic E-state index is 6.08. The van der Waals surface area contributed by atoms with E-state index in [0.29, 0.717) is 0 Å². The number of benzene rings is 1. The SMILES string of the molecule is CCCN(CCN(C)C)c1ccc(CC(N)CC)c(C)c1. The van der Waals surface area contributed by atoms with E-state index in [0.717, 1.165) is 32.5 Å². The standard InChI is InChI=1S/C18H33N3/c1-6-10-21(12-11-20(4)5)18-9-8-16(15(3)13-18)14-17(19)7-2/h8-9,13,17H,6-7,10-12,14,19H2,1-5H3. The number of hydrogen-bond donors (Lipinski definition) is 1. The lowest BCUT2D eigenvalue weighted by Crippen LogP contribution is -2.32. The summed E-state index contributed by atoms with van der Waals surface area (Å²) < 4.78 is 0. The third-order valence-electron chi connectivity index (χ3n) is 4.01. The second-order valence-electron chi connectivity index (χ2n) is 6.27. The van der Waals surface area contributed by atoms with E-state index in [1.54, 1.807) is 0 Å². The average molecular weight is 291 g/mol. The number of rotatable bonds is 9. The number of anilines is 1. The van der Waals surface area contributed by atoms with Crippen molar-refractivity contribution < 1.29 is 0 Å². The molecule has 1 aromatic rings. The fourth-order valence-corrected chi connectivity index (χ4v) is 2.49.